The quantitative estimate of drug-likeness (QED) is 0.0589. The number of benzene rings is 4. The molecule has 4 aromatic carbocycles. The molecule has 10 nitrogen and oxygen atoms in total. The SMILES string of the molecule is CCN(CC)CCCOc1ccc(N/C=C2/C(=O)Nc3cc(F)ccc32)cc1.CCN(CC)CCCOc1ccc(N/C=C2/C(=O)Nc3ccc(F)cc32)cc1. The molecule has 0 aliphatic carbocycles. The lowest BCUT2D eigenvalue weighted by molar-refractivity contribution is -0.111. The molecule has 0 atom stereocenters. The van der Waals surface area contributed by atoms with Gasteiger partial charge in [0.1, 0.15) is 23.1 Å². The number of hydrogen-bond acceptors (Lipinski definition) is 8. The Hall–Kier alpha value is -5.72. The van der Waals surface area contributed by atoms with Gasteiger partial charge >= 0.3 is 0 Å². The van der Waals surface area contributed by atoms with Gasteiger partial charge in [0.2, 0.25) is 0 Å². The van der Waals surface area contributed by atoms with Crippen LogP contribution >= 0.6 is 0 Å². The molecule has 6 rings (SSSR count). The van der Waals surface area contributed by atoms with Crippen LogP contribution in [0.3, 0.4) is 0 Å². The van der Waals surface area contributed by atoms with E-state index in [-0.39, 0.29) is 23.4 Å². The summed E-state index contributed by atoms with van der Waals surface area (Å²) in [6.07, 6.45) is 5.21. The van der Waals surface area contributed by atoms with Crippen LogP contribution in [-0.2, 0) is 9.59 Å². The van der Waals surface area contributed by atoms with E-state index in [0.717, 1.165) is 75.0 Å². The molecule has 0 saturated heterocycles. The minimum Gasteiger partial charge on any atom is -0.494 e. The van der Waals surface area contributed by atoms with Crippen LogP contribution in [0, 0.1) is 11.6 Å². The van der Waals surface area contributed by atoms with E-state index in [1.807, 2.05) is 48.5 Å². The number of amides is 2. The lowest BCUT2D eigenvalue weighted by Gasteiger charge is -2.17. The highest BCUT2D eigenvalue weighted by molar-refractivity contribution is 6.32. The normalized spacial score (nSPS) is 14.3. The molecule has 0 spiro atoms. The highest BCUT2D eigenvalue weighted by Crippen LogP contribution is 2.33. The Morgan fingerprint density at radius 3 is 1.52 bits per heavy atom. The van der Waals surface area contributed by atoms with Gasteiger partial charge in [0, 0.05) is 53.7 Å². The summed E-state index contributed by atoms with van der Waals surface area (Å²) in [7, 11) is 0. The lowest BCUT2D eigenvalue weighted by Crippen LogP contribution is -2.25. The summed E-state index contributed by atoms with van der Waals surface area (Å²) in [4.78, 5) is 28.9. The van der Waals surface area contributed by atoms with Crippen molar-refractivity contribution in [2.45, 2.75) is 40.5 Å². The van der Waals surface area contributed by atoms with Crippen molar-refractivity contribution in [1.82, 2.24) is 9.80 Å². The minimum absolute atomic E-state index is 0.249. The Morgan fingerprint density at radius 2 is 1.02 bits per heavy atom. The molecule has 2 amide bonds. The molecule has 2 heterocycles. The van der Waals surface area contributed by atoms with Gasteiger partial charge < -0.3 is 40.5 Å². The number of nitrogens with one attached hydrogen (secondary N) is 4. The van der Waals surface area contributed by atoms with E-state index < -0.39 is 0 Å². The van der Waals surface area contributed by atoms with Crippen LogP contribution in [0.1, 0.15) is 51.7 Å². The minimum atomic E-state index is -0.374. The molecular weight excluding hydrogens is 715 g/mol. The molecule has 12 heteroatoms. The molecule has 0 aromatic heterocycles. The van der Waals surface area contributed by atoms with Gasteiger partial charge in [-0.25, -0.2) is 8.78 Å². The summed E-state index contributed by atoms with van der Waals surface area (Å²) >= 11 is 0. The van der Waals surface area contributed by atoms with Crippen molar-refractivity contribution >= 4 is 45.7 Å². The predicted octanol–water partition coefficient (Wildman–Crippen LogP) is 8.68. The van der Waals surface area contributed by atoms with Crippen molar-refractivity contribution in [3.05, 3.63) is 120 Å². The standard InChI is InChI=1S/2C22H26FN3O2/c1-3-26(4-2)12-5-13-28-18-9-7-17(8-10-18)24-15-20-19-14-16(23)6-11-21(19)25-22(20)27;1-3-26(4-2)12-5-13-28-18-9-7-17(8-10-18)24-15-20-19-11-6-16(23)14-21(19)25-22(20)27/h2*6-11,14-15,24H,3-5,12-13H2,1-2H3,(H,25,27)/b2*20-15+. The van der Waals surface area contributed by atoms with Crippen LogP contribution in [0.5, 0.6) is 11.5 Å². The molecule has 2 aliphatic heterocycles. The van der Waals surface area contributed by atoms with Gasteiger partial charge in [-0.05, 0) is 124 Å². The van der Waals surface area contributed by atoms with Crippen LogP contribution in [0.2, 0.25) is 0 Å². The first-order valence-electron chi connectivity index (χ1n) is 19.3. The highest BCUT2D eigenvalue weighted by atomic mass is 19.1. The second-order valence-electron chi connectivity index (χ2n) is 13.2. The number of rotatable bonds is 18. The molecular formula is C44H52F2N6O4. The predicted molar refractivity (Wildman–Crippen MR) is 222 cm³/mol. The average Bonchev–Trinajstić information content (AvgIpc) is 3.70. The van der Waals surface area contributed by atoms with Crippen LogP contribution in [-0.4, -0.2) is 74.1 Å². The fourth-order valence-corrected chi connectivity index (χ4v) is 6.26. The smallest absolute Gasteiger partial charge is 0.257 e. The first-order valence-corrected chi connectivity index (χ1v) is 19.3. The lowest BCUT2D eigenvalue weighted by atomic mass is 10.1. The van der Waals surface area contributed by atoms with Crippen molar-refractivity contribution < 1.29 is 27.8 Å². The Kier molecular flexibility index (Phi) is 15.4. The highest BCUT2D eigenvalue weighted by Gasteiger charge is 2.25. The number of nitrogens with zero attached hydrogens (tertiary/aromatic N) is 2. The molecule has 4 N–H and O–H groups in total. The summed E-state index contributed by atoms with van der Waals surface area (Å²) in [5.74, 6) is 0.382. The van der Waals surface area contributed by atoms with Crippen molar-refractivity contribution in [2.24, 2.45) is 0 Å². The second kappa shape index (κ2) is 20.8. The van der Waals surface area contributed by atoms with Crippen LogP contribution in [0.15, 0.2) is 97.3 Å². The van der Waals surface area contributed by atoms with Crippen molar-refractivity contribution in [3.63, 3.8) is 0 Å². The van der Waals surface area contributed by atoms with E-state index in [2.05, 4.69) is 58.8 Å². The largest absolute Gasteiger partial charge is 0.494 e. The molecule has 0 unspecified atom stereocenters. The van der Waals surface area contributed by atoms with Gasteiger partial charge in [0.25, 0.3) is 11.8 Å². The Labute approximate surface area is 328 Å². The van der Waals surface area contributed by atoms with Crippen LogP contribution in [0.4, 0.5) is 31.5 Å². The van der Waals surface area contributed by atoms with Crippen molar-refractivity contribution in [2.75, 3.05) is 73.7 Å². The number of fused-ring (bicyclic) bond motifs is 2. The van der Waals surface area contributed by atoms with Gasteiger partial charge in [-0.1, -0.05) is 27.7 Å². The van der Waals surface area contributed by atoms with Gasteiger partial charge in [-0.15, -0.1) is 0 Å². The third-order valence-corrected chi connectivity index (χ3v) is 9.57. The van der Waals surface area contributed by atoms with Gasteiger partial charge in [0.15, 0.2) is 0 Å². The Morgan fingerprint density at radius 1 is 0.571 bits per heavy atom. The monoisotopic (exact) mass is 766 g/mol. The van der Waals surface area contributed by atoms with E-state index in [9.17, 15) is 18.4 Å². The van der Waals surface area contributed by atoms with E-state index in [4.69, 9.17) is 9.47 Å². The number of anilines is 4. The molecule has 0 saturated carbocycles. The van der Waals surface area contributed by atoms with E-state index in [0.29, 0.717) is 46.9 Å². The molecule has 0 fully saturated rings. The van der Waals surface area contributed by atoms with E-state index >= 15 is 0 Å². The second-order valence-corrected chi connectivity index (χ2v) is 13.2. The zero-order valence-electron chi connectivity index (χ0n) is 32.6. The fraction of sp³-hybridized carbons (Fsp3) is 0.318. The van der Waals surface area contributed by atoms with E-state index in [1.54, 1.807) is 24.5 Å². The summed E-state index contributed by atoms with van der Waals surface area (Å²) in [5, 5.41) is 11.6. The molecule has 56 heavy (non-hydrogen) atoms. The summed E-state index contributed by atoms with van der Waals surface area (Å²) in [5.41, 5.74) is 4.90. The summed E-state index contributed by atoms with van der Waals surface area (Å²) in [6, 6.07) is 23.7. The molecule has 4 aromatic rings. The summed E-state index contributed by atoms with van der Waals surface area (Å²) < 4.78 is 38.3. The van der Waals surface area contributed by atoms with Gasteiger partial charge in [0.05, 0.1) is 30.0 Å². The topological polar surface area (TPSA) is 107 Å². The van der Waals surface area contributed by atoms with E-state index in [1.165, 1.54) is 24.3 Å². The Bertz CT molecular complexity index is 1970. The maximum Gasteiger partial charge on any atom is 0.257 e. The van der Waals surface area contributed by atoms with Crippen molar-refractivity contribution in [3.8, 4) is 11.5 Å². The van der Waals surface area contributed by atoms with Gasteiger partial charge in [-0.2, -0.15) is 0 Å². The first kappa shape index (κ1) is 41.4. The van der Waals surface area contributed by atoms with Crippen LogP contribution in [0.25, 0.3) is 11.1 Å². The maximum absolute atomic E-state index is 13.5. The number of carbonyl (C=O) groups excluding carboxylic acids is 2. The molecule has 296 valence electrons. The fourth-order valence-electron chi connectivity index (χ4n) is 6.26. The molecule has 0 radical (unpaired) electrons. The first-order chi connectivity index (χ1) is 27.2. The number of ether oxygens (including phenoxy) is 2. The average molecular weight is 767 g/mol. The molecule has 2 aliphatic rings. The maximum atomic E-state index is 13.5. The number of halogens is 2. The molecule has 0 bridgehead atoms. The number of carbonyl (C=O) groups is 2. The number of hydrogen-bond donors (Lipinski definition) is 4. The third-order valence-electron chi connectivity index (χ3n) is 9.57. The summed E-state index contributed by atoms with van der Waals surface area (Å²) in [6.45, 7) is 16.3. The zero-order chi connectivity index (χ0) is 39.9. The Balaban J connectivity index is 0.000000214. The van der Waals surface area contributed by atoms with Gasteiger partial charge in [-0.3, -0.25) is 9.59 Å². The zero-order valence-corrected chi connectivity index (χ0v) is 32.6. The van der Waals surface area contributed by atoms with Crippen molar-refractivity contribution in [1.29, 1.82) is 0 Å². The third kappa shape index (κ3) is 11.6. The van der Waals surface area contributed by atoms with Crippen LogP contribution < -0.4 is 30.7 Å².